The van der Waals surface area contributed by atoms with Gasteiger partial charge in [-0.25, -0.2) is 0 Å². The van der Waals surface area contributed by atoms with Crippen molar-refractivity contribution >= 4 is 5.91 Å². The summed E-state index contributed by atoms with van der Waals surface area (Å²) in [5, 5.41) is 6.73. The summed E-state index contributed by atoms with van der Waals surface area (Å²) in [5.41, 5.74) is 2.40. The highest BCUT2D eigenvalue weighted by Crippen LogP contribution is 2.35. The molecule has 1 aromatic rings. The number of hydrogen-bond acceptors (Lipinski definition) is 2. The van der Waals surface area contributed by atoms with Gasteiger partial charge in [0.15, 0.2) is 0 Å². The fraction of sp³-hybridized carbons (Fsp3) is 0.611. The Labute approximate surface area is 127 Å². The highest BCUT2D eigenvalue weighted by molar-refractivity contribution is 5.82. The standard InChI is InChI=1S/C18H26N2O/c1-18(2,14-7-5-11-19-12-14)17(21)20-16-10-9-13-6-3-4-8-15(13)16/h3-4,6,8,14,16,19H,5,7,9-12H2,1-2H3,(H,20,21). The summed E-state index contributed by atoms with van der Waals surface area (Å²) in [6.07, 6.45) is 4.43. The lowest BCUT2D eigenvalue weighted by Gasteiger charge is -2.36. The van der Waals surface area contributed by atoms with Crippen LogP contribution in [0.1, 0.15) is 50.3 Å². The molecule has 1 fully saturated rings. The minimum absolute atomic E-state index is 0.199. The first-order valence-electron chi connectivity index (χ1n) is 8.18. The Balaban J connectivity index is 1.69. The first-order chi connectivity index (χ1) is 10.1. The molecule has 2 unspecified atom stereocenters. The number of carbonyl (C=O) groups is 1. The first-order valence-corrected chi connectivity index (χ1v) is 8.18. The molecule has 1 amide bonds. The van der Waals surface area contributed by atoms with Gasteiger partial charge in [0.05, 0.1) is 6.04 Å². The van der Waals surface area contributed by atoms with Crippen molar-refractivity contribution in [3.05, 3.63) is 35.4 Å². The third-order valence-corrected chi connectivity index (χ3v) is 5.34. The minimum Gasteiger partial charge on any atom is -0.349 e. The molecule has 1 heterocycles. The van der Waals surface area contributed by atoms with Crippen LogP contribution in [0.3, 0.4) is 0 Å². The van der Waals surface area contributed by atoms with Gasteiger partial charge < -0.3 is 10.6 Å². The summed E-state index contributed by atoms with van der Waals surface area (Å²) in [6, 6.07) is 8.69. The van der Waals surface area contributed by atoms with E-state index < -0.39 is 0 Å². The molecule has 1 saturated heterocycles. The number of amides is 1. The smallest absolute Gasteiger partial charge is 0.226 e. The molecule has 0 spiro atoms. The van der Waals surface area contributed by atoms with Gasteiger partial charge in [-0.15, -0.1) is 0 Å². The lowest BCUT2D eigenvalue weighted by atomic mass is 9.74. The number of benzene rings is 1. The fourth-order valence-corrected chi connectivity index (χ4v) is 3.70. The van der Waals surface area contributed by atoms with E-state index in [9.17, 15) is 4.79 Å². The van der Waals surface area contributed by atoms with Crippen molar-refractivity contribution in [3.8, 4) is 0 Å². The van der Waals surface area contributed by atoms with Crippen LogP contribution in [0.5, 0.6) is 0 Å². The van der Waals surface area contributed by atoms with E-state index in [1.165, 1.54) is 17.5 Å². The maximum Gasteiger partial charge on any atom is 0.226 e. The second-order valence-electron chi connectivity index (χ2n) is 7.03. The third-order valence-electron chi connectivity index (χ3n) is 5.34. The fourth-order valence-electron chi connectivity index (χ4n) is 3.70. The molecule has 0 saturated carbocycles. The van der Waals surface area contributed by atoms with Crippen molar-refractivity contribution in [2.24, 2.45) is 11.3 Å². The van der Waals surface area contributed by atoms with E-state index in [1.54, 1.807) is 0 Å². The van der Waals surface area contributed by atoms with Crippen molar-refractivity contribution in [2.75, 3.05) is 13.1 Å². The SMILES string of the molecule is CC(C)(C(=O)NC1CCc2ccccc21)C1CCCNC1. The number of nitrogens with one attached hydrogen (secondary N) is 2. The zero-order valence-electron chi connectivity index (χ0n) is 13.1. The quantitative estimate of drug-likeness (QED) is 0.897. The van der Waals surface area contributed by atoms with Crippen LogP contribution >= 0.6 is 0 Å². The molecule has 2 atom stereocenters. The zero-order valence-corrected chi connectivity index (χ0v) is 13.1. The van der Waals surface area contributed by atoms with E-state index in [0.717, 1.165) is 32.4 Å². The van der Waals surface area contributed by atoms with E-state index in [1.807, 2.05) is 0 Å². The molecule has 0 bridgehead atoms. The van der Waals surface area contributed by atoms with Gasteiger partial charge in [0.2, 0.25) is 5.91 Å². The summed E-state index contributed by atoms with van der Waals surface area (Å²) in [5.74, 6) is 0.640. The van der Waals surface area contributed by atoms with E-state index in [-0.39, 0.29) is 17.4 Å². The summed E-state index contributed by atoms with van der Waals surface area (Å²) >= 11 is 0. The van der Waals surface area contributed by atoms with E-state index in [4.69, 9.17) is 0 Å². The molecule has 0 radical (unpaired) electrons. The van der Waals surface area contributed by atoms with Crippen molar-refractivity contribution in [1.29, 1.82) is 0 Å². The summed E-state index contributed by atoms with van der Waals surface area (Å²) < 4.78 is 0. The molecule has 1 aliphatic heterocycles. The highest BCUT2D eigenvalue weighted by Gasteiger charge is 2.38. The molecule has 1 aromatic carbocycles. The molecule has 2 N–H and O–H groups in total. The van der Waals surface area contributed by atoms with Crippen molar-refractivity contribution in [3.63, 3.8) is 0 Å². The maximum atomic E-state index is 12.8. The van der Waals surface area contributed by atoms with Crippen LogP contribution in [0.2, 0.25) is 0 Å². The number of piperidine rings is 1. The molecule has 3 nitrogen and oxygen atoms in total. The maximum absolute atomic E-state index is 12.8. The highest BCUT2D eigenvalue weighted by atomic mass is 16.2. The molecule has 3 heteroatoms. The van der Waals surface area contributed by atoms with Crippen LogP contribution in [0.4, 0.5) is 0 Å². The zero-order chi connectivity index (χ0) is 14.9. The predicted octanol–water partition coefficient (Wildman–Crippen LogP) is 2.82. The number of carbonyl (C=O) groups excluding carboxylic acids is 1. The van der Waals surface area contributed by atoms with Crippen LogP contribution in [-0.2, 0) is 11.2 Å². The van der Waals surface area contributed by atoms with Crippen LogP contribution in [0, 0.1) is 11.3 Å². The average Bonchev–Trinajstić information content (AvgIpc) is 2.91. The van der Waals surface area contributed by atoms with E-state index in [0.29, 0.717) is 5.92 Å². The van der Waals surface area contributed by atoms with Crippen LogP contribution in [-0.4, -0.2) is 19.0 Å². The van der Waals surface area contributed by atoms with Gasteiger partial charge in [-0.3, -0.25) is 4.79 Å². The monoisotopic (exact) mass is 286 g/mol. The van der Waals surface area contributed by atoms with Crippen molar-refractivity contribution in [1.82, 2.24) is 10.6 Å². The van der Waals surface area contributed by atoms with Crippen molar-refractivity contribution in [2.45, 2.75) is 45.6 Å². The molecule has 0 aromatic heterocycles. The Morgan fingerprint density at radius 1 is 1.29 bits per heavy atom. The number of aryl methyl sites for hydroxylation is 1. The van der Waals surface area contributed by atoms with Gasteiger partial charge in [0, 0.05) is 5.41 Å². The normalized spacial score (nSPS) is 25.4. The minimum atomic E-state index is -0.301. The van der Waals surface area contributed by atoms with Crippen molar-refractivity contribution < 1.29 is 4.79 Å². The molecule has 1 aliphatic carbocycles. The topological polar surface area (TPSA) is 41.1 Å². The molecule has 21 heavy (non-hydrogen) atoms. The van der Waals surface area contributed by atoms with Gasteiger partial charge >= 0.3 is 0 Å². The average molecular weight is 286 g/mol. The summed E-state index contributed by atoms with van der Waals surface area (Å²) in [6.45, 7) is 6.24. The number of fused-ring (bicyclic) bond motifs is 1. The Morgan fingerprint density at radius 3 is 2.86 bits per heavy atom. The molecule has 114 valence electrons. The van der Waals surface area contributed by atoms with Crippen LogP contribution in [0.15, 0.2) is 24.3 Å². The Kier molecular flexibility index (Phi) is 4.03. The molecular weight excluding hydrogens is 260 g/mol. The molecule has 2 aliphatic rings. The Hall–Kier alpha value is -1.35. The summed E-state index contributed by atoms with van der Waals surface area (Å²) in [7, 11) is 0. The largest absolute Gasteiger partial charge is 0.349 e. The number of rotatable bonds is 3. The van der Waals surface area contributed by atoms with Gasteiger partial charge in [-0.05, 0) is 55.8 Å². The van der Waals surface area contributed by atoms with Crippen LogP contribution in [0.25, 0.3) is 0 Å². The predicted molar refractivity (Wildman–Crippen MR) is 85.0 cm³/mol. The molecule has 3 rings (SSSR count). The second kappa shape index (κ2) is 5.80. The van der Waals surface area contributed by atoms with Gasteiger partial charge in [-0.2, -0.15) is 0 Å². The Morgan fingerprint density at radius 2 is 2.10 bits per heavy atom. The number of hydrogen-bond donors (Lipinski definition) is 2. The van der Waals surface area contributed by atoms with Gasteiger partial charge in [0.1, 0.15) is 0 Å². The summed E-state index contributed by atoms with van der Waals surface area (Å²) in [4.78, 5) is 12.8. The van der Waals surface area contributed by atoms with Gasteiger partial charge in [0.25, 0.3) is 0 Å². The van der Waals surface area contributed by atoms with Crippen LogP contribution < -0.4 is 10.6 Å². The van der Waals surface area contributed by atoms with E-state index >= 15 is 0 Å². The molecular formula is C18H26N2O. The van der Waals surface area contributed by atoms with E-state index in [2.05, 4.69) is 48.7 Å². The van der Waals surface area contributed by atoms with Gasteiger partial charge in [-0.1, -0.05) is 38.1 Å². The Bertz CT molecular complexity index is 518. The first kappa shape index (κ1) is 14.6. The lowest BCUT2D eigenvalue weighted by Crippen LogP contribution is -2.47. The third kappa shape index (κ3) is 2.84. The second-order valence-corrected chi connectivity index (χ2v) is 7.03. The lowest BCUT2D eigenvalue weighted by molar-refractivity contribution is -0.133.